The number of hydrogen-bond acceptors (Lipinski definition) is 3. The van der Waals surface area contributed by atoms with Gasteiger partial charge in [0.2, 0.25) is 5.91 Å². The Bertz CT molecular complexity index is 653. The van der Waals surface area contributed by atoms with Crippen molar-refractivity contribution in [3.63, 3.8) is 0 Å². The summed E-state index contributed by atoms with van der Waals surface area (Å²) < 4.78 is 6.08. The topological polar surface area (TPSA) is 74.8 Å². The molecule has 1 amide bonds. The molecule has 0 bridgehead atoms. The molecule has 1 fully saturated rings. The van der Waals surface area contributed by atoms with E-state index in [0.717, 1.165) is 37.1 Å². The molecule has 1 atom stereocenters. The van der Waals surface area contributed by atoms with Gasteiger partial charge in [-0.15, -0.1) is 0 Å². The monoisotopic (exact) mass is 344 g/mol. The zero-order valence-electron chi connectivity index (χ0n) is 15.3. The number of rotatable bonds is 5. The molecule has 0 aromatic heterocycles. The van der Waals surface area contributed by atoms with Crippen molar-refractivity contribution in [3.8, 4) is 5.75 Å². The Morgan fingerprint density at radius 2 is 2.04 bits per heavy atom. The van der Waals surface area contributed by atoms with Gasteiger partial charge in [-0.1, -0.05) is 18.2 Å². The van der Waals surface area contributed by atoms with E-state index in [-0.39, 0.29) is 24.1 Å². The fourth-order valence-electron chi connectivity index (χ4n) is 3.07. The summed E-state index contributed by atoms with van der Waals surface area (Å²) >= 11 is 0. The minimum absolute atomic E-state index is 0.0209. The van der Waals surface area contributed by atoms with Crippen LogP contribution in [0.1, 0.15) is 51.6 Å². The summed E-state index contributed by atoms with van der Waals surface area (Å²) in [6.07, 6.45) is 2.99. The number of carbonyl (C=O) groups excluding carboxylic acids is 1. The number of guanidine groups is 1. The van der Waals surface area contributed by atoms with E-state index >= 15 is 0 Å². The van der Waals surface area contributed by atoms with Crippen LogP contribution in [0.3, 0.4) is 0 Å². The second kappa shape index (κ2) is 7.33. The van der Waals surface area contributed by atoms with E-state index in [1.165, 1.54) is 0 Å². The largest absolute Gasteiger partial charge is 0.487 e. The molecule has 3 N–H and O–H groups in total. The molecular formula is C19H28N4O2. The predicted octanol–water partition coefficient (Wildman–Crippen LogP) is 2.12. The zero-order valence-corrected chi connectivity index (χ0v) is 15.3. The van der Waals surface area contributed by atoms with Crippen molar-refractivity contribution in [1.29, 1.82) is 0 Å². The molecule has 0 saturated heterocycles. The Balaban J connectivity index is 1.71. The normalized spacial score (nSPS) is 21.7. The second-order valence-corrected chi connectivity index (χ2v) is 7.34. The highest BCUT2D eigenvalue weighted by atomic mass is 16.5. The van der Waals surface area contributed by atoms with Gasteiger partial charge in [-0.05, 0) is 39.7 Å². The first-order chi connectivity index (χ1) is 12.0. The number of fused-ring (bicyclic) bond motifs is 1. The summed E-state index contributed by atoms with van der Waals surface area (Å²) in [5, 5.41) is 9.66. The molecule has 0 radical (unpaired) electrons. The second-order valence-electron chi connectivity index (χ2n) is 7.34. The van der Waals surface area contributed by atoms with E-state index in [0.29, 0.717) is 12.0 Å². The molecule has 1 aliphatic carbocycles. The highest BCUT2D eigenvalue weighted by molar-refractivity contribution is 5.85. The lowest BCUT2D eigenvalue weighted by Crippen LogP contribution is -2.45. The first kappa shape index (κ1) is 17.6. The van der Waals surface area contributed by atoms with Crippen molar-refractivity contribution in [2.45, 2.75) is 57.7 Å². The molecule has 1 heterocycles. The number of para-hydroxylation sites is 1. The van der Waals surface area contributed by atoms with Gasteiger partial charge in [0.25, 0.3) is 0 Å². The van der Waals surface area contributed by atoms with Crippen LogP contribution in [0.4, 0.5) is 0 Å². The van der Waals surface area contributed by atoms with Crippen LogP contribution in [-0.2, 0) is 4.79 Å². The highest BCUT2D eigenvalue weighted by Gasteiger charge is 2.34. The van der Waals surface area contributed by atoms with Crippen LogP contribution in [0.5, 0.6) is 5.75 Å². The van der Waals surface area contributed by atoms with Crippen LogP contribution < -0.4 is 20.7 Å². The zero-order chi connectivity index (χ0) is 17.9. The lowest BCUT2D eigenvalue weighted by molar-refractivity contribution is -0.119. The molecule has 3 rings (SSSR count). The van der Waals surface area contributed by atoms with Crippen LogP contribution in [0, 0.1) is 0 Å². The number of carbonyl (C=O) groups is 1. The van der Waals surface area contributed by atoms with Gasteiger partial charge < -0.3 is 20.7 Å². The van der Waals surface area contributed by atoms with Crippen LogP contribution in [-0.4, -0.2) is 36.6 Å². The van der Waals surface area contributed by atoms with Gasteiger partial charge in [0, 0.05) is 24.6 Å². The standard InChI is InChI=1S/C19H28N4O2/c1-4-20-18(21-12-17(24)22-13-9-10-13)23-15-11-19(2,3)25-16-8-6-5-7-14(15)16/h5-8,13,15H,4,9-12H2,1-3H3,(H,22,24)(H2,20,21,23). The van der Waals surface area contributed by atoms with Crippen molar-refractivity contribution >= 4 is 11.9 Å². The molecular weight excluding hydrogens is 316 g/mol. The van der Waals surface area contributed by atoms with E-state index in [1.807, 2.05) is 25.1 Å². The fraction of sp³-hybridized carbons (Fsp3) is 0.579. The molecule has 1 aromatic carbocycles. The molecule has 6 nitrogen and oxygen atoms in total. The van der Waals surface area contributed by atoms with Crippen molar-refractivity contribution in [3.05, 3.63) is 29.8 Å². The average molecular weight is 344 g/mol. The van der Waals surface area contributed by atoms with E-state index in [4.69, 9.17) is 4.74 Å². The lowest BCUT2D eigenvalue weighted by atomic mass is 9.90. The van der Waals surface area contributed by atoms with E-state index in [1.54, 1.807) is 0 Å². The molecule has 0 spiro atoms. The molecule has 1 aliphatic heterocycles. The van der Waals surface area contributed by atoms with Gasteiger partial charge in [0.05, 0.1) is 6.04 Å². The number of ether oxygens (including phenoxy) is 1. The Kier molecular flexibility index (Phi) is 5.16. The molecule has 1 saturated carbocycles. The predicted molar refractivity (Wildman–Crippen MR) is 98.8 cm³/mol. The molecule has 6 heteroatoms. The quantitative estimate of drug-likeness (QED) is 0.565. The van der Waals surface area contributed by atoms with E-state index in [2.05, 4.69) is 40.9 Å². The fourth-order valence-corrected chi connectivity index (χ4v) is 3.07. The van der Waals surface area contributed by atoms with Crippen molar-refractivity contribution in [2.75, 3.05) is 13.1 Å². The Hall–Kier alpha value is -2.24. The van der Waals surface area contributed by atoms with Crippen LogP contribution in [0.25, 0.3) is 0 Å². The summed E-state index contributed by atoms with van der Waals surface area (Å²) in [6, 6.07) is 8.52. The van der Waals surface area contributed by atoms with E-state index in [9.17, 15) is 4.79 Å². The van der Waals surface area contributed by atoms with Crippen LogP contribution in [0.2, 0.25) is 0 Å². The summed E-state index contributed by atoms with van der Waals surface area (Å²) in [5.74, 6) is 1.54. The molecule has 25 heavy (non-hydrogen) atoms. The van der Waals surface area contributed by atoms with Crippen molar-refractivity contribution < 1.29 is 9.53 Å². The summed E-state index contributed by atoms with van der Waals surface area (Å²) in [6.45, 7) is 7.07. The number of aliphatic imine (C=N–C) groups is 1. The minimum Gasteiger partial charge on any atom is -0.487 e. The maximum absolute atomic E-state index is 11.9. The van der Waals surface area contributed by atoms with Gasteiger partial charge in [0.15, 0.2) is 5.96 Å². The SMILES string of the molecule is CCNC(=NCC(=O)NC1CC1)NC1CC(C)(C)Oc2ccccc21. The molecule has 1 aromatic rings. The maximum Gasteiger partial charge on any atom is 0.242 e. The first-order valence-corrected chi connectivity index (χ1v) is 9.09. The number of nitrogens with one attached hydrogen (secondary N) is 3. The van der Waals surface area contributed by atoms with Gasteiger partial charge in [-0.25, -0.2) is 4.99 Å². The lowest BCUT2D eigenvalue weighted by Gasteiger charge is -2.38. The highest BCUT2D eigenvalue weighted by Crippen LogP contribution is 2.39. The smallest absolute Gasteiger partial charge is 0.242 e. The average Bonchev–Trinajstić information content (AvgIpc) is 3.35. The number of hydrogen-bond donors (Lipinski definition) is 3. The van der Waals surface area contributed by atoms with Gasteiger partial charge in [-0.3, -0.25) is 4.79 Å². The van der Waals surface area contributed by atoms with Crippen LogP contribution in [0.15, 0.2) is 29.3 Å². The van der Waals surface area contributed by atoms with Crippen molar-refractivity contribution in [1.82, 2.24) is 16.0 Å². The third kappa shape index (κ3) is 4.87. The number of amides is 1. The van der Waals surface area contributed by atoms with Gasteiger partial charge >= 0.3 is 0 Å². The number of nitrogens with zero attached hydrogens (tertiary/aromatic N) is 1. The third-order valence-corrected chi connectivity index (χ3v) is 4.35. The molecule has 1 unspecified atom stereocenters. The number of benzene rings is 1. The Morgan fingerprint density at radius 3 is 2.76 bits per heavy atom. The minimum atomic E-state index is -0.257. The van der Waals surface area contributed by atoms with E-state index < -0.39 is 0 Å². The molecule has 2 aliphatic rings. The maximum atomic E-state index is 11.9. The molecule has 136 valence electrons. The van der Waals surface area contributed by atoms with Gasteiger partial charge in [-0.2, -0.15) is 0 Å². The van der Waals surface area contributed by atoms with Crippen molar-refractivity contribution in [2.24, 2.45) is 4.99 Å². The van der Waals surface area contributed by atoms with Crippen LogP contribution >= 0.6 is 0 Å². The van der Waals surface area contributed by atoms with Gasteiger partial charge in [0.1, 0.15) is 17.9 Å². The Morgan fingerprint density at radius 1 is 1.28 bits per heavy atom. The summed E-state index contributed by atoms with van der Waals surface area (Å²) in [5.41, 5.74) is 0.863. The Labute approximate surface area is 149 Å². The summed E-state index contributed by atoms with van der Waals surface area (Å²) in [4.78, 5) is 16.4. The first-order valence-electron chi connectivity index (χ1n) is 9.09. The summed E-state index contributed by atoms with van der Waals surface area (Å²) in [7, 11) is 0. The third-order valence-electron chi connectivity index (χ3n) is 4.35.